The fourth-order valence-electron chi connectivity index (χ4n) is 1.63. The second-order valence-electron chi connectivity index (χ2n) is 4.50. The SMILES string of the molecule is COc1ccc(OC)c(CC(=O)NCC(C)CN)c1.Cl. The highest BCUT2D eigenvalue weighted by atomic mass is 35.5. The predicted molar refractivity (Wildman–Crippen MR) is 81.7 cm³/mol. The van der Waals surface area contributed by atoms with Crippen LogP contribution in [0, 0.1) is 5.92 Å². The number of ether oxygens (including phenoxy) is 2. The molecule has 114 valence electrons. The molecule has 0 saturated carbocycles. The molecule has 0 saturated heterocycles. The van der Waals surface area contributed by atoms with Crippen LogP contribution in [0.2, 0.25) is 0 Å². The average Bonchev–Trinajstić information content (AvgIpc) is 2.44. The van der Waals surface area contributed by atoms with Crippen molar-refractivity contribution in [3.63, 3.8) is 0 Å². The molecule has 0 fully saturated rings. The molecule has 0 spiro atoms. The number of amides is 1. The van der Waals surface area contributed by atoms with Gasteiger partial charge in [-0.15, -0.1) is 12.4 Å². The standard InChI is InChI=1S/C14H22N2O3.ClH/c1-10(8-15)9-16-14(17)7-11-6-12(18-2)4-5-13(11)19-3;/h4-6,10H,7-9,15H2,1-3H3,(H,16,17);1H. The number of hydrogen-bond acceptors (Lipinski definition) is 4. The van der Waals surface area contributed by atoms with Crippen molar-refractivity contribution in [1.29, 1.82) is 0 Å². The molecule has 6 heteroatoms. The first-order valence-electron chi connectivity index (χ1n) is 6.28. The third kappa shape index (κ3) is 5.67. The summed E-state index contributed by atoms with van der Waals surface area (Å²) in [5, 5.41) is 2.86. The second-order valence-corrected chi connectivity index (χ2v) is 4.50. The fraction of sp³-hybridized carbons (Fsp3) is 0.500. The number of carbonyl (C=O) groups is 1. The fourth-order valence-corrected chi connectivity index (χ4v) is 1.63. The van der Waals surface area contributed by atoms with Gasteiger partial charge in [0.05, 0.1) is 20.6 Å². The predicted octanol–water partition coefficient (Wildman–Crippen LogP) is 1.38. The second kappa shape index (κ2) is 9.44. The summed E-state index contributed by atoms with van der Waals surface area (Å²) in [5.41, 5.74) is 6.31. The molecule has 0 radical (unpaired) electrons. The molecule has 0 bridgehead atoms. The molecule has 20 heavy (non-hydrogen) atoms. The van der Waals surface area contributed by atoms with Crippen molar-refractivity contribution in [3.8, 4) is 11.5 Å². The van der Waals surface area contributed by atoms with Crippen molar-refractivity contribution in [2.75, 3.05) is 27.3 Å². The topological polar surface area (TPSA) is 73.6 Å². The molecule has 0 aliphatic rings. The monoisotopic (exact) mass is 302 g/mol. The lowest BCUT2D eigenvalue weighted by Gasteiger charge is -2.12. The summed E-state index contributed by atoms with van der Waals surface area (Å²) in [6.45, 7) is 3.14. The number of nitrogens with one attached hydrogen (secondary N) is 1. The first-order valence-corrected chi connectivity index (χ1v) is 6.28. The van der Waals surface area contributed by atoms with Gasteiger partial charge >= 0.3 is 0 Å². The van der Waals surface area contributed by atoms with Gasteiger partial charge in [0.2, 0.25) is 5.91 Å². The summed E-state index contributed by atoms with van der Waals surface area (Å²) >= 11 is 0. The van der Waals surface area contributed by atoms with E-state index in [4.69, 9.17) is 15.2 Å². The van der Waals surface area contributed by atoms with Gasteiger partial charge in [-0.1, -0.05) is 6.92 Å². The summed E-state index contributed by atoms with van der Waals surface area (Å²) in [4.78, 5) is 11.9. The van der Waals surface area contributed by atoms with Crippen molar-refractivity contribution in [2.24, 2.45) is 11.7 Å². The maximum atomic E-state index is 11.9. The van der Waals surface area contributed by atoms with Gasteiger partial charge in [0, 0.05) is 12.1 Å². The van der Waals surface area contributed by atoms with E-state index in [0.29, 0.717) is 24.6 Å². The van der Waals surface area contributed by atoms with E-state index in [2.05, 4.69) is 5.32 Å². The van der Waals surface area contributed by atoms with Crippen molar-refractivity contribution in [1.82, 2.24) is 5.32 Å². The van der Waals surface area contributed by atoms with Gasteiger partial charge in [-0.25, -0.2) is 0 Å². The Bertz CT molecular complexity index is 427. The Labute approximate surface area is 126 Å². The van der Waals surface area contributed by atoms with Crippen LogP contribution >= 0.6 is 12.4 Å². The van der Waals surface area contributed by atoms with Crippen LogP contribution in [0.15, 0.2) is 18.2 Å². The van der Waals surface area contributed by atoms with Gasteiger partial charge in [0.15, 0.2) is 0 Å². The number of benzene rings is 1. The zero-order valence-corrected chi connectivity index (χ0v) is 13.0. The Morgan fingerprint density at radius 1 is 1.35 bits per heavy atom. The van der Waals surface area contributed by atoms with E-state index >= 15 is 0 Å². The molecule has 1 aromatic rings. The van der Waals surface area contributed by atoms with Crippen LogP contribution in [0.5, 0.6) is 11.5 Å². The first-order chi connectivity index (χ1) is 9.10. The van der Waals surface area contributed by atoms with Crippen LogP contribution < -0.4 is 20.5 Å². The molecule has 1 rings (SSSR count). The van der Waals surface area contributed by atoms with Gasteiger partial charge in [0.1, 0.15) is 11.5 Å². The minimum Gasteiger partial charge on any atom is -0.497 e. The molecule has 0 heterocycles. The van der Waals surface area contributed by atoms with E-state index in [1.807, 2.05) is 13.0 Å². The van der Waals surface area contributed by atoms with Crippen LogP contribution in [0.25, 0.3) is 0 Å². The van der Waals surface area contributed by atoms with Gasteiger partial charge in [0.25, 0.3) is 0 Å². The van der Waals surface area contributed by atoms with Crippen molar-refractivity contribution in [2.45, 2.75) is 13.3 Å². The zero-order valence-electron chi connectivity index (χ0n) is 12.1. The van der Waals surface area contributed by atoms with E-state index in [0.717, 1.165) is 5.56 Å². The third-order valence-corrected chi connectivity index (χ3v) is 2.89. The quantitative estimate of drug-likeness (QED) is 0.798. The van der Waals surface area contributed by atoms with Crippen LogP contribution in [-0.4, -0.2) is 33.2 Å². The minimum absolute atomic E-state index is 0. The van der Waals surface area contributed by atoms with E-state index in [1.54, 1.807) is 26.4 Å². The Balaban J connectivity index is 0.00000361. The Hall–Kier alpha value is -1.46. The van der Waals surface area contributed by atoms with E-state index in [1.165, 1.54) is 0 Å². The lowest BCUT2D eigenvalue weighted by atomic mass is 10.1. The van der Waals surface area contributed by atoms with Crippen molar-refractivity contribution >= 4 is 18.3 Å². The Morgan fingerprint density at radius 3 is 2.60 bits per heavy atom. The molecule has 1 atom stereocenters. The number of rotatable bonds is 7. The molecule has 1 aromatic carbocycles. The molecule has 0 aliphatic heterocycles. The lowest BCUT2D eigenvalue weighted by Crippen LogP contribution is -2.32. The number of halogens is 1. The molecule has 1 unspecified atom stereocenters. The first kappa shape index (κ1) is 18.5. The van der Waals surface area contributed by atoms with Crippen molar-refractivity contribution < 1.29 is 14.3 Å². The molecule has 0 aliphatic carbocycles. The number of nitrogens with two attached hydrogens (primary N) is 1. The molecule has 5 nitrogen and oxygen atoms in total. The van der Waals surface area contributed by atoms with Gasteiger partial charge in [-0.2, -0.15) is 0 Å². The normalized spacial score (nSPS) is 11.2. The summed E-state index contributed by atoms with van der Waals surface area (Å²) in [6.07, 6.45) is 0.262. The number of methoxy groups -OCH3 is 2. The van der Waals surface area contributed by atoms with Gasteiger partial charge < -0.3 is 20.5 Å². The molecular weight excluding hydrogens is 280 g/mol. The lowest BCUT2D eigenvalue weighted by molar-refractivity contribution is -0.120. The Morgan fingerprint density at radius 2 is 2.05 bits per heavy atom. The van der Waals surface area contributed by atoms with E-state index < -0.39 is 0 Å². The summed E-state index contributed by atoms with van der Waals surface area (Å²) in [6, 6.07) is 5.41. The number of carbonyl (C=O) groups excluding carboxylic acids is 1. The maximum absolute atomic E-state index is 11.9. The van der Waals surface area contributed by atoms with Gasteiger partial charge in [-0.05, 0) is 30.7 Å². The molecule has 3 N–H and O–H groups in total. The highest BCUT2D eigenvalue weighted by Crippen LogP contribution is 2.24. The number of hydrogen-bond donors (Lipinski definition) is 2. The summed E-state index contributed by atoms with van der Waals surface area (Å²) < 4.78 is 10.4. The van der Waals surface area contributed by atoms with Crippen molar-refractivity contribution in [3.05, 3.63) is 23.8 Å². The third-order valence-electron chi connectivity index (χ3n) is 2.89. The Kier molecular flexibility index (Phi) is 8.76. The summed E-state index contributed by atoms with van der Waals surface area (Å²) in [7, 11) is 3.17. The van der Waals surface area contributed by atoms with Crippen LogP contribution in [0.4, 0.5) is 0 Å². The molecule has 0 aromatic heterocycles. The van der Waals surface area contributed by atoms with Crippen LogP contribution in [0.3, 0.4) is 0 Å². The van der Waals surface area contributed by atoms with Crippen LogP contribution in [0.1, 0.15) is 12.5 Å². The average molecular weight is 303 g/mol. The van der Waals surface area contributed by atoms with Crippen LogP contribution in [-0.2, 0) is 11.2 Å². The molecule has 1 amide bonds. The smallest absolute Gasteiger partial charge is 0.224 e. The highest BCUT2D eigenvalue weighted by molar-refractivity contribution is 5.85. The zero-order chi connectivity index (χ0) is 14.3. The van der Waals surface area contributed by atoms with Gasteiger partial charge in [-0.3, -0.25) is 4.79 Å². The summed E-state index contributed by atoms with van der Waals surface area (Å²) in [5.74, 6) is 1.62. The minimum atomic E-state index is -0.0492. The van der Waals surface area contributed by atoms with E-state index in [9.17, 15) is 4.79 Å². The highest BCUT2D eigenvalue weighted by Gasteiger charge is 2.10. The molecular formula is C14H23ClN2O3. The van der Waals surface area contributed by atoms with E-state index in [-0.39, 0.29) is 30.7 Å². The maximum Gasteiger partial charge on any atom is 0.224 e. The largest absolute Gasteiger partial charge is 0.497 e.